The Hall–Kier alpha value is -3.14. The van der Waals surface area contributed by atoms with Crippen LogP contribution in [0.2, 0.25) is 0 Å². The summed E-state index contributed by atoms with van der Waals surface area (Å²) in [6, 6.07) is 12.3. The summed E-state index contributed by atoms with van der Waals surface area (Å²) in [5, 5.41) is 0. The van der Waals surface area contributed by atoms with Crippen LogP contribution in [-0.2, 0) is 20.8 Å². The highest BCUT2D eigenvalue weighted by Crippen LogP contribution is 2.39. The van der Waals surface area contributed by atoms with Gasteiger partial charge in [-0.05, 0) is 35.6 Å². The molecule has 7 nitrogen and oxygen atoms in total. The molecule has 3 rings (SSSR count). The van der Waals surface area contributed by atoms with E-state index in [1.165, 1.54) is 7.11 Å². The zero-order chi connectivity index (χ0) is 27.9. The lowest BCUT2D eigenvalue weighted by atomic mass is 9.84. The van der Waals surface area contributed by atoms with Crippen LogP contribution in [0.25, 0.3) is 11.3 Å². The minimum absolute atomic E-state index is 0.0580. The van der Waals surface area contributed by atoms with Gasteiger partial charge < -0.3 is 24.7 Å². The third-order valence-corrected chi connectivity index (χ3v) is 6.29. The van der Waals surface area contributed by atoms with Gasteiger partial charge in [-0.3, -0.25) is 4.79 Å². The van der Waals surface area contributed by atoms with E-state index in [9.17, 15) is 13.6 Å². The van der Waals surface area contributed by atoms with Crippen molar-refractivity contribution in [2.45, 2.75) is 45.8 Å². The molecule has 0 aliphatic heterocycles. The van der Waals surface area contributed by atoms with Crippen LogP contribution in [0.5, 0.6) is 0 Å². The Morgan fingerprint density at radius 1 is 1.11 bits per heavy atom. The molecule has 0 aliphatic rings. The van der Waals surface area contributed by atoms with Crippen molar-refractivity contribution in [3.63, 3.8) is 0 Å². The van der Waals surface area contributed by atoms with Crippen molar-refractivity contribution in [2.24, 2.45) is 11.1 Å². The normalized spacial score (nSPS) is 13.4. The lowest BCUT2D eigenvalue weighted by molar-refractivity contribution is -0.140. The lowest BCUT2D eigenvalue weighted by Gasteiger charge is -2.40. The van der Waals surface area contributed by atoms with Crippen molar-refractivity contribution in [1.82, 2.24) is 14.5 Å². The lowest BCUT2D eigenvalue weighted by Crippen LogP contribution is -2.46. The highest BCUT2D eigenvalue weighted by atomic mass is 19.1. The Balaban J connectivity index is 2.17. The van der Waals surface area contributed by atoms with Crippen LogP contribution < -0.4 is 5.73 Å². The molecule has 0 bridgehead atoms. The number of nitrogens with zero attached hydrogens (tertiary/aromatic N) is 3. The summed E-state index contributed by atoms with van der Waals surface area (Å²) in [5.74, 6) is -0.793. The number of halogens is 2. The fourth-order valence-electron chi connectivity index (χ4n) is 4.58. The number of amides is 1. The number of nitrogens with two attached hydrogens (primary N) is 1. The number of hydrogen-bond donors (Lipinski definition) is 1. The monoisotopic (exact) mass is 528 g/mol. The molecular formula is C29H38F2N4O3. The zero-order valence-electron chi connectivity index (χ0n) is 22.8. The maximum atomic E-state index is 14.8. The molecule has 206 valence electrons. The molecule has 0 aliphatic carbocycles. The number of methoxy groups -OCH3 is 2. The largest absolute Gasteiger partial charge is 0.383 e. The number of carbonyl (C=O) groups is 1. The SMILES string of the molecule is COCC(=O)N(CC[C@H](N)COC)[C@@H](c1nc(-c2cc(F)ccc2F)cn1Cc1ccccc1)C(C)(C)C. The maximum Gasteiger partial charge on any atom is 0.249 e. The first-order chi connectivity index (χ1) is 18.0. The number of imidazole rings is 1. The molecule has 2 N–H and O–H groups in total. The van der Waals surface area contributed by atoms with Crippen molar-refractivity contribution in [2.75, 3.05) is 34.0 Å². The third-order valence-electron chi connectivity index (χ3n) is 6.29. The molecule has 2 aromatic carbocycles. The van der Waals surface area contributed by atoms with Crippen molar-refractivity contribution in [3.05, 3.63) is 77.8 Å². The van der Waals surface area contributed by atoms with Gasteiger partial charge in [-0.15, -0.1) is 0 Å². The number of carbonyl (C=O) groups excluding carboxylic acids is 1. The molecule has 2 atom stereocenters. The Kier molecular flexibility index (Phi) is 10.1. The molecule has 3 aromatic rings. The second kappa shape index (κ2) is 13.1. The highest BCUT2D eigenvalue weighted by Gasteiger charge is 2.38. The number of aromatic nitrogens is 2. The van der Waals surface area contributed by atoms with Crippen molar-refractivity contribution < 1.29 is 23.0 Å². The van der Waals surface area contributed by atoms with Gasteiger partial charge in [0.1, 0.15) is 24.1 Å². The predicted molar refractivity (Wildman–Crippen MR) is 143 cm³/mol. The first-order valence-corrected chi connectivity index (χ1v) is 12.6. The highest BCUT2D eigenvalue weighted by molar-refractivity contribution is 5.78. The molecule has 1 aromatic heterocycles. The van der Waals surface area contributed by atoms with E-state index in [4.69, 9.17) is 20.2 Å². The first-order valence-electron chi connectivity index (χ1n) is 12.6. The molecular weight excluding hydrogens is 490 g/mol. The van der Waals surface area contributed by atoms with Crippen LogP contribution in [0.4, 0.5) is 8.78 Å². The molecule has 1 heterocycles. The van der Waals surface area contributed by atoms with Gasteiger partial charge >= 0.3 is 0 Å². The van der Waals surface area contributed by atoms with Crippen LogP contribution in [0.3, 0.4) is 0 Å². The molecule has 0 spiro atoms. The Labute approximate surface area is 223 Å². The summed E-state index contributed by atoms with van der Waals surface area (Å²) >= 11 is 0. The van der Waals surface area contributed by atoms with Gasteiger partial charge in [0.25, 0.3) is 0 Å². The fourth-order valence-corrected chi connectivity index (χ4v) is 4.58. The van der Waals surface area contributed by atoms with Gasteiger partial charge in [0.2, 0.25) is 5.91 Å². The van der Waals surface area contributed by atoms with Crippen LogP contribution in [0.1, 0.15) is 44.6 Å². The van der Waals surface area contributed by atoms with E-state index in [1.807, 2.05) is 55.7 Å². The molecule has 1 amide bonds. The molecule has 0 radical (unpaired) electrons. The van der Waals surface area contributed by atoms with Crippen LogP contribution in [0.15, 0.2) is 54.7 Å². The number of rotatable bonds is 12. The molecule has 38 heavy (non-hydrogen) atoms. The maximum absolute atomic E-state index is 14.8. The first kappa shape index (κ1) is 29.4. The number of hydrogen-bond acceptors (Lipinski definition) is 5. The molecule has 0 saturated carbocycles. The van der Waals surface area contributed by atoms with Crippen molar-refractivity contribution >= 4 is 5.91 Å². The number of ether oxygens (including phenoxy) is 2. The van der Waals surface area contributed by atoms with E-state index in [2.05, 4.69) is 0 Å². The second-order valence-corrected chi connectivity index (χ2v) is 10.5. The summed E-state index contributed by atoms with van der Waals surface area (Å²) in [5.41, 5.74) is 7.07. The van der Waals surface area contributed by atoms with Gasteiger partial charge in [0, 0.05) is 45.1 Å². The molecule has 0 fully saturated rings. The van der Waals surface area contributed by atoms with Crippen LogP contribution in [-0.4, -0.2) is 60.4 Å². The molecule has 0 unspecified atom stereocenters. The number of benzene rings is 2. The molecule has 9 heteroatoms. The topological polar surface area (TPSA) is 82.6 Å². The van der Waals surface area contributed by atoms with Gasteiger partial charge in [-0.25, -0.2) is 13.8 Å². The van der Waals surface area contributed by atoms with E-state index in [1.54, 1.807) is 18.2 Å². The fraction of sp³-hybridized carbons (Fsp3) is 0.448. The van der Waals surface area contributed by atoms with E-state index in [0.29, 0.717) is 31.9 Å². The summed E-state index contributed by atoms with van der Waals surface area (Å²) in [4.78, 5) is 20.0. The Morgan fingerprint density at radius 3 is 2.45 bits per heavy atom. The summed E-state index contributed by atoms with van der Waals surface area (Å²) in [6.45, 7) is 7.07. The van der Waals surface area contributed by atoms with Crippen molar-refractivity contribution in [1.29, 1.82) is 0 Å². The Bertz CT molecular complexity index is 1190. The molecule has 0 saturated heterocycles. The summed E-state index contributed by atoms with van der Waals surface area (Å²) in [6.07, 6.45) is 2.22. The minimum Gasteiger partial charge on any atom is -0.383 e. The summed E-state index contributed by atoms with van der Waals surface area (Å²) < 4.78 is 41.2. The predicted octanol–water partition coefficient (Wildman–Crippen LogP) is 4.80. The summed E-state index contributed by atoms with van der Waals surface area (Å²) in [7, 11) is 3.05. The van der Waals surface area contributed by atoms with Gasteiger partial charge in [-0.1, -0.05) is 51.1 Å². The van der Waals surface area contributed by atoms with Gasteiger partial charge in [-0.2, -0.15) is 0 Å². The minimum atomic E-state index is -0.576. The third kappa shape index (κ3) is 7.46. The Morgan fingerprint density at radius 2 is 1.82 bits per heavy atom. The average molecular weight is 529 g/mol. The van der Waals surface area contributed by atoms with E-state index in [-0.39, 0.29) is 29.8 Å². The van der Waals surface area contributed by atoms with Crippen LogP contribution in [0, 0.1) is 17.0 Å². The van der Waals surface area contributed by atoms with E-state index >= 15 is 0 Å². The second-order valence-electron chi connectivity index (χ2n) is 10.5. The standard InChI is InChI=1S/C29H38F2N4O3/c1-29(2,3)27(35(26(36)19-38-5)14-13-22(32)18-37-4)28-33-25(23-15-21(30)11-12-24(23)31)17-34(28)16-20-9-7-6-8-10-20/h6-12,15,17,22,27H,13-14,16,18-19,32H2,1-5H3/t22-,27-/m0/s1. The van der Waals surface area contributed by atoms with Crippen LogP contribution >= 0.6 is 0 Å². The smallest absolute Gasteiger partial charge is 0.249 e. The quantitative estimate of drug-likeness (QED) is 0.365. The van der Waals surface area contributed by atoms with Gasteiger partial charge in [0.15, 0.2) is 0 Å². The van der Waals surface area contributed by atoms with E-state index in [0.717, 1.165) is 23.8 Å². The van der Waals surface area contributed by atoms with Gasteiger partial charge in [0.05, 0.1) is 18.3 Å². The van der Waals surface area contributed by atoms with E-state index < -0.39 is 23.1 Å². The zero-order valence-corrected chi connectivity index (χ0v) is 22.8. The van der Waals surface area contributed by atoms with Crippen molar-refractivity contribution in [3.8, 4) is 11.3 Å². The average Bonchev–Trinajstić information content (AvgIpc) is 3.25.